The average molecular weight is 256 g/mol. The summed E-state index contributed by atoms with van der Waals surface area (Å²) in [5.74, 6) is -1.51. The van der Waals surface area contributed by atoms with Crippen LogP contribution in [0.25, 0.3) is 0 Å². The highest BCUT2D eigenvalue weighted by molar-refractivity contribution is 5.78. The van der Waals surface area contributed by atoms with Gasteiger partial charge < -0.3 is 10.6 Å². The summed E-state index contributed by atoms with van der Waals surface area (Å²) in [7, 11) is 0. The summed E-state index contributed by atoms with van der Waals surface area (Å²) in [6, 6.07) is 3.29. The minimum absolute atomic E-state index is 0.0524. The summed E-state index contributed by atoms with van der Waals surface area (Å²) in [5.41, 5.74) is 0.110. The van der Waals surface area contributed by atoms with Crippen LogP contribution in [0.2, 0.25) is 0 Å². The van der Waals surface area contributed by atoms with Gasteiger partial charge in [0.15, 0.2) is 0 Å². The van der Waals surface area contributed by atoms with Gasteiger partial charge in [-0.05, 0) is 26.8 Å². The lowest BCUT2D eigenvalue weighted by atomic mass is 10.1. The molecule has 0 bridgehead atoms. The summed E-state index contributed by atoms with van der Waals surface area (Å²) in [5, 5.41) is 5.58. The maximum atomic E-state index is 13.3. The molecule has 0 saturated heterocycles. The third kappa shape index (κ3) is 5.23. The Morgan fingerprint density at radius 2 is 1.94 bits per heavy atom. The molecule has 2 N–H and O–H groups in total. The number of hydrogen-bond acceptors (Lipinski definition) is 2. The highest BCUT2D eigenvalue weighted by Gasteiger charge is 2.11. The van der Waals surface area contributed by atoms with Crippen molar-refractivity contribution in [3.05, 3.63) is 35.4 Å². The average Bonchev–Trinajstić information content (AvgIpc) is 2.24. The van der Waals surface area contributed by atoms with Crippen LogP contribution in [-0.4, -0.2) is 18.0 Å². The Bertz CT molecular complexity index is 427. The first-order valence-corrected chi connectivity index (χ1v) is 5.73. The second kappa shape index (κ2) is 5.91. The van der Waals surface area contributed by atoms with Crippen molar-refractivity contribution in [3.8, 4) is 0 Å². The molecule has 1 aromatic carbocycles. The predicted molar refractivity (Wildman–Crippen MR) is 66.0 cm³/mol. The smallest absolute Gasteiger partial charge is 0.234 e. The van der Waals surface area contributed by atoms with Gasteiger partial charge in [-0.15, -0.1) is 0 Å². The van der Waals surface area contributed by atoms with Crippen LogP contribution in [0.5, 0.6) is 0 Å². The number of benzene rings is 1. The molecule has 0 aliphatic carbocycles. The Balaban J connectivity index is 2.43. The Hall–Kier alpha value is -1.49. The van der Waals surface area contributed by atoms with Crippen molar-refractivity contribution >= 4 is 5.91 Å². The van der Waals surface area contributed by atoms with Crippen LogP contribution in [-0.2, 0) is 11.3 Å². The van der Waals surface area contributed by atoms with E-state index in [4.69, 9.17) is 0 Å². The molecule has 0 heterocycles. The maximum Gasteiger partial charge on any atom is 0.234 e. The van der Waals surface area contributed by atoms with Gasteiger partial charge in [0.2, 0.25) is 5.91 Å². The third-order valence-corrected chi connectivity index (χ3v) is 2.27. The number of carbonyl (C=O) groups is 1. The van der Waals surface area contributed by atoms with E-state index in [1.165, 1.54) is 6.07 Å². The van der Waals surface area contributed by atoms with Gasteiger partial charge in [-0.25, -0.2) is 8.78 Å². The molecule has 0 atom stereocenters. The van der Waals surface area contributed by atoms with Crippen molar-refractivity contribution in [1.82, 2.24) is 10.6 Å². The lowest BCUT2D eigenvalue weighted by Crippen LogP contribution is -2.43. The van der Waals surface area contributed by atoms with Gasteiger partial charge in [0.1, 0.15) is 11.6 Å². The van der Waals surface area contributed by atoms with E-state index in [2.05, 4.69) is 10.6 Å². The Labute approximate surface area is 106 Å². The number of carbonyl (C=O) groups excluding carboxylic acids is 1. The third-order valence-electron chi connectivity index (χ3n) is 2.27. The number of rotatable bonds is 4. The summed E-state index contributed by atoms with van der Waals surface area (Å²) in [4.78, 5) is 11.5. The zero-order valence-corrected chi connectivity index (χ0v) is 10.8. The van der Waals surface area contributed by atoms with E-state index in [9.17, 15) is 13.6 Å². The molecule has 0 saturated carbocycles. The molecular weight excluding hydrogens is 238 g/mol. The topological polar surface area (TPSA) is 41.1 Å². The first-order chi connectivity index (χ1) is 8.28. The summed E-state index contributed by atoms with van der Waals surface area (Å²) >= 11 is 0. The number of nitrogens with one attached hydrogen (secondary N) is 2. The van der Waals surface area contributed by atoms with Gasteiger partial charge in [0.25, 0.3) is 0 Å². The Morgan fingerprint density at radius 3 is 2.50 bits per heavy atom. The van der Waals surface area contributed by atoms with Crippen LogP contribution < -0.4 is 10.6 Å². The van der Waals surface area contributed by atoms with Crippen LogP contribution in [0.3, 0.4) is 0 Å². The zero-order valence-electron chi connectivity index (χ0n) is 10.8. The normalized spacial score (nSPS) is 11.4. The fourth-order valence-corrected chi connectivity index (χ4v) is 1.27. The molecular formula is C13H18F2N2O. The zero-order chi connectivity index (χ0) is 13.8. The molecule has 1 rings (SSSR count). The minimum atomic E-state index is -0.654. The lowest BCUT2D eigenvalue weighted by Gasteiger charge is -2.20. The predicted octanol–water partition coefficient (Wildman–Crippen LogP) is 1.97. The van der Waals surface area contributed by atoms with Gasteiger partial charge >= 0.3 is 0 Å². The molecule has 1 aromatic rings. The largest absolute Gasteiger partial charge is 0.351 e. The Kier molecular flexibility index (Phi) is 4.78. The molecule has 0 aliphatic heterocycles. The molecule has 0 radical (unpaired) electrons. The van der Waals surface area contributed by atoms with Crippen molar-refractivity contribution in [2.75, 3.05) is 6.54 Å². The maximum absolute atomic E-state index is 13.3. The molecule has 18 heavy (non-hydrogen) atoms. The van der Waals surface area contributed by atoms with Crippen molar-refractivity contribution in [3.63, 3.8) is 0 Å². The van der Waals surface area contributed by atoms with Crippen LogP contribution >= 0.6 is 0 Å². The van der Waals surface area contributed by atoms with Gasteiger partial charge in [-0.1, -0.05) is 6.07 Å². The summed E-state index contributed by atoms with van der Waals surface area (Å²) in [6.07, 6.45) is 0. The molecule has 1 amide bonds. The highest BCUT2D eigenvalue weighted by Crippen LogP contribution is 2.08. The van der Waals surface area contributed by atoms with Crippen molar-refractivity contribution in [2.45, 2.75) is 32.9 Å². The van der Waals surface area contributed by atoms with E-state index in [1.807, 2.05) is 20.8 Å². The van der Waals surface area contributed by atoms with E-state index in [1.54, 1.807) is 0 Å². The van der Waals surface area contributed by atoms with Crippen molar-refractivity contribution in [2.24, 2.45) is 0 Å². The van der Waals surface area contributed by atoms with Gasteiger partial charge in [-0.2, -0.15) is 0 Å². The number of amides is 1. The van der Waals surface area contributed by atoms with Gasteiger partial charge in [0, 0.05) is 23.7 Å². The van der Waals surface area contributed by atoms with Crippen LogP contribution in [0.15, 0.2) is 18.2 Å². The second-order valence-corrected chi connectivity index (χ2v) is 5.12. The molecule has 0 aliphatic rings. The highest BCUT2D eigenvalue weighted by atomic mass is 19.1. The molecule has 100 valence electrons. The van der Waals surface area contributed by atoms with Crippen molar-refractivity contribution in [1.29, 1.82) is 0 Å². The summed E-state index contributed by atoms with van der Waals surface area (Å²) in [6.45, 7) is 6.04. The number of hydrogen-bond donors (Lipinski definition) is 2. The van der Waals surface area contributed by atoms with E-state index >= 15 is 0 Å². The molecule has 0 unspecified atom stereocenters. The monoisotopic (exact) mass is 256 g/mol. The summed E-state index contributed by atoms with van der Waals surface area (Å²) < 4.78 is 25.9. The molecule has 0 aromatic heterocycles. The van der Waals surface area contributed by atoms with Gasteiger partial charge in [-0.3, -0.25) is 4.79 Å². The van der Waals surface area contributed by atoms with Crippen LogP contribution in [0.1, 0.15) is 26.3 Å². The van der Waals surface area contributed by atoms with Crippen LogP contribution in [0.4, 0.5) is 8.78 Å². The first kappa shape index (κ1) is 14.6. The van der Waals surface area contributed by atoms with E-state index in [0.717, 1.165) is 12.1 Å². The fourth-order valence-electron chi connectivity index (χ4n) is 1.27. The van der Waals surface area contributed by atoms with E-state index in [-0.39, 0.29) is 30.1 Å². The van der Waals surface area contributed by atoms with E-state index in [0.29, 0.717) is 0 Å². The molecule has 5 heteroatoms. The fraction of sp³-hybridized carbons (Fsp3) is 0.462. The van der Waals surface area contributed by atoms with Gasteiger partial charge in [0.05, 0.1) is 6.54 Å². The van der Waals surface area contributed by atoms with Crippen LogP contribution in [0, 0.1) is 11.6 Å². The lowest BCUT2D eigenvalue weighted by molar-refractivity contribution is -0.120. The van der Waals surface area contributed by atoms with Crippen molar-refractivity contribution < 1.29 is 13.6 Å². The quantitative estimate of drug-likeness (QED) is 0.864. The standard InChI is InChI=1S/C13H18F2N2O/c1-13(2,3)17-8-12(18)16-7-9-4-5-10(14)6-11(9)15/h4-6,17H,7-8H2,1-3H3,(H,16,18). The molecule has 0 spiro atoms. The Morgan fingerprint density at radius 1 is 1.28 bits per heavy atom. The second-order valence-electron chi connectivity index (χ2n) is 5.12. The number of halogens is 2. The van der Waals surface area contributed by atoms with E-state index < -0.39 is 11.6 Å². The minimum Gasteiger partial charge on any atom is -0.351 e. The SMILES string of the molecule is CC(C)(C)NCC(=O)NCc1ccc(F)cc1F. The first-order valence-electron chi connectivity index (χ1n) is 5.73. The molecule has 3 nitrogen and oxygen atoms in total. The molecule has 0 fully saturated rings.